The molecule has 0 aliphatic carbocycles. The second-order valence-corrected chi connectivity index (χ2v) is 22.4. The van der Waals surface area contributed by atoms with Gasteiger partial charge in [-0.25, -0.2) is 0 Å². The molecule has 0 N–H and O–H groups in total. The summed E-state index contributed by atoms with van der Waals surface area (Å²) in [6, 6.07) is 13.8. The van der Waals surface area contributed by atoms with Crippen LogP contribution in [0.2, 0.25) is 8.87 Å². The third kappa shape index (κ3) is 5.28. The van der Waals surface area contributed by atoms with E-state index in [1.807, 2.05) is 0 Å². The van der Waals surface area contributed by atoms with E-state index in [4.69, 9.17) is 4.74 Å². The van der Waals surface area contributed by atoms with Crippen molar-refractivity contribution in [3.63, 3.8) is 0 Å². The van der Waals surface area contributed by atoms with Gasteiger partial charge in [0.15, 0.2) is 0 Å². The minimum absolute atomic E-state index is 0.789. The van der Waals surface area contributed by atoms with Crippen molar-refractivity contribution in [1.82, 2.24) is 0 Å². The van der Waals surface area contributed by atoms with Crippen molar-refractivity contribution in [3.05, 3.63) is 47.3 Å². The number of rotatable bonds is 12. The standard InChI is InChI=1S/C11H15O.C4H3S.2C4H9.Sn/c1-3-4-5-10-6-8-11(12-2)9-7-10;1-2-4-5-3-1;2*1-3-4-2;/h5-9H,3-4H2,1-2H3;1-3H;2*1,3-4H2,2H3;. The van der Waals surface area contributed by atoms with Crippen molar-refractivity contribution in [1.29, 1.82) is 0 Å². The van der Waals surface area contributed by atoms with Crippen molar-refractivity contribution in [3.8, 4) is 5.75 Å². The third-order valence-corrected chi connectivity index (χ3v) is 26.1. The zero-order valence-electron chi connectivity index (χ0n) is 17.1. The van der Waals surface area contributed by atoms with Crippen LogP contribution in [-0.4, -0.2) is 25.5 Å². The molecule has 2 rings (SSSR count). The Morgan fingerprint density at radius 1 is 0.923 bits per heavy atom. The Balaban J connectivity index is 2.51. The predicted molar refractivity (Wildman–Crippen MR) is 120 cm³/mol. The number of benzene rings is 1. The SMILES string of the molecule is CCC[CH2][Sn]([CH2]CCC)([c]1cccs1)[CH](CCC)c1ccc(OC)cc1. The maximum atomic E-state index is 5.42. The van der Waals surface area contributed by atoms with Gasteiger partial charge in [0.1, 0.15) is 0 Å². The summed E-state index contributed by atoms with van der Waals surface area (Å²) in [6.07, 6.45) is 8.05. The van der Waals surface area contributed by atoms with Crippen LogP contribution in [0.4, 0.5) is 0 Å². The Morgan fingerprint density at radius 2 is 1.58 bits per heavy atom. The number of hydrogen-bond acceptors (Lipinski definition) is 2. The first kappa shape index (κ1) is 21.8. The summed E-state index contributed by atoms with van der Waals surface area (Å²) in [6.45, 7) is 7.07. The molecule has 26 heavy (non-hydrogen) atoms. The fraction of sp³-hybridized carbons (Fsp3) is 0.565. The quantitative estimate of drug-likeness (QED) is 0.294. The van der Waals surface area contributed by atoms with E-state index in [0.717, 1.165) is 9.68 Å². The molecule has 0 saturated heterocycles. The maximum absolute atomic E-state index is 5.42. The summed E-state index contributed by atoms with van der Waals surface area (Å²) in [5.74, 6) is 0.975. The van der Waals surface area contributed by atoms with Gasteiger partial charge in [0.2, 0.25) is 0 Å². The van der Waals surface area contributed by atoms with E-state index < -0.39 is 18.4 Å². The first-order valence-electron chi connectivity index (χ1n) is 10.4. The Morgan fingerprint density at radius 3 is 2.04 bits per heavy atom. The van der Waals surface area contributed by atoms with Crippen LogP contribution in [0.3, 0.4) is 0 Å². The topological polar surface area (TPSA) is 9.23 Å². The van der Waals surface area contributed by atoms with Crippen molar-refractivity contribution < 1.29 is 4.74 Å². The van der Waals surface area contributed by atoms with Crippen molar-refractivity contribution in [2.24, 2.45) is 0 Å². The monoisotopic (exact) mass is 480 g/mol. The molecule has 1 aromatic carbocycles. The second kappa shape index (κ2) is 11.4. The molecule has 3 heteroatoms. The molecule has 1 nitrogen and oxygen atoms in total. The van der Waals surface area contributed by atoms with Crippen LogP contribution >= 0.6 is 11.3 Å². The van der Waals surface area contributed by atoms with Gasteiger partial charge in [-0.2, -0.15) is 0 Å². The van der Waals surface area contributed by atoms with E-state index in [0.29, 0.717) is 0 Å². The molecule has 0 aliphatic heterocycles. The zero-order chi connectivity index (χ0) is 18.8. The first-order valence-corrected chi connectivity index (χ1v) is 18.4. The molecule has 1 aromatic heterocycles. The number of ether oxygens (including phenoxy) is 1. The summed E-state index contributed by atoms with van der Waals surface area (Å²) in [5, 5.41) is 2.32. The summed E-state index contributed by atoms with van der Waals surface area (Å²) >= 11 is -0.505. The molecule has 1 heterocycles. The Kier molecular flexibility index (Phi) is 9.55. The van der Waals surface area contributed by atoms with E-state index in [9.17, 15) is 0 Å². The number of methoxy groups -OCH3 is 1. The molecule has 1 atom stereocenters. The summed E-state index contributed by atoms with van der Waals surface area (Å²) in [7, 11) is 1.76. The van der Waals surface area contributed by atoms with Gasteiger partial charge in [-0.1, -0.05) is 0 Å². The van der Waals surface area contributed by atoms with E-state index in [-0.39, 0.29) is 0 Å². The van der Waals surface area contributed by atoms with Crippen LogP contribution < -0.4 is 7.63 Å². The molecule has 0 fully saturated rings. The molecular weight excluding hydrogens is 443 g/mol. The minimum atomic E-state index is -2.56. The predicted octanol–water partition coefficient (Wildman–Crippen LogP) is 7.14. The van der Waals surface area contributed by atoms with Gasteiger partial charge < -0.3 is 0 Å². The van der Waals surface area contributed by atoms with Crippen molar-refractivity contribution in [2.45, 2.75) is 72.1 Å². The molecule has 0 bridgehead atoms. The van der Waals surface area contributed by atoms with Crippen LogP contribution in [0.25, 0.3) is 0 Å². The Bertz CT molecular complexity index is 598. The summed E-state index contributed by atoms with van der Waals surface area (Å²) in [5.41, 5.74) is 1.57. The van der Waals surface area contributed by atoms with Gasteiger partial charge in [-0.05, 0) is 0 Å². The fourth-order valence-corrected chi connectivity index (χ4v) is 26.6. The van der Waals surface area contributed by atoms with Crippen LogP contribution in [0, 0.1) is 0 Å². The van der Waals surface area contributed by atoms with Gasteiger partial charge >= 0.3 is 170 Å². The number of unbranched alkanes of at least 4 members (excludes halogenated alkanes) is 2. The fourth-order valence-electron chi connectivity index (χ4n) is 4.32. The first-order chi connectivity index (χ1) is 12.7. The second-order valence-electron chi connectivity index (χ2n) is 7.45. The number of thiophene rings is 1. The molecule has 2 aromatic rings. The summed E-state index contributed by atoms with van der Waals surface area (Å²) < 4.78 is 11.0. The van der Waals surface area contributed by atoms with E-state index >= 15 is 0 Å². The van der Waals surface area contributed by atoms with Crippen LogP contribution in [-0.2, 0) is 0 Å². The molecule has 0 saturated carbocycles. The van der Waals surface area contributed by atoms with Gasteiger partial charge in [-0.3, -0.25) is 0 Å². The zero-order valence-corrected chi connectivity index (χ0v) is 20.8. The van der Waals surface area contributed by atoms with E-state index in [2.05, 4.69) is 73.9 Å². The third-order valence-electron chi connectivity index (χ3n) is 5.73. The normalized spacial score (nSPS) is 12.9. The van der Waals surface area contributed by atoms with Gasteiger partial charge in [0.05, 0.1) is 0 Å². The van der Waals surface area contributed by atoms with Crippen molar-refractivity contribution >= 4 is 32.6 Å². The van der Waals surface area contributed by atoms with Crippen LogP contribution in [0.1, 0.15) is 68.8 Å². The van der Waals surface area contributed by atoms with Crippen molar-refractivity contribution in [2.75, 3.05) is 7.11 Å². The molecule has 0 aliphatic rings. The average molecular weight is 479 g/mol. The van der Waals surface area contributed by atoms with E-state index in [1.165, 1.54) is 47.4 Å². The van der Waals surface area contributed by atoms with Gasteiger partial charge in [0.25, 0.3) is 0 Å². The summed E-state index contributed by atoms with van der Waals surface area (Å²) in [4.78, 5) is 0. The molecule has 0 amide bonds. The molecule has 144 valence electrons. The average Bonchev–Trinajstić information content (AvgIpc) is 3.22. The Labute approximate surface area is 169 Å². The van der Waals surface area contributed by atoms with Crippen LogP contribution in [0.5, 0.6) is 5.75 Å². The molecule has 0 radical (unpaired) electrons. The molecular formula is C23H36OSSn. The van der Waals surface area contributed by atoms with E-state index in [1.54, 1.807) is 15.6 Å². The van der Waals surface area contributed by atoms with Crippen LogP contribution in [0.15, 0.2) is 41.8 Å². The molecule has 0 spiro atoms. The molecule has 1 unspecified atom stereocenters. The van der Waals surface area contributed by atoms with Gasteiger partial charge in [-0.15, -0.1) is 0 Å². The van der Waals surface area contributed by atoms with Gasteiger partial charge in [0, 0.05) is 0 Å². The Hall–Kier alpha value is -0.481. The number of hydrogen-bond donors (Lipinski definition) is 0.